The van der Waals surface area contributed by atoms with Gasteiger partial charge >= 0.3 is 0 Å². The van der Waals surface area contributed by atoms with Crippen molar-refractivity contribution >= 4 is 0 Å². The summed E-state index contributed by atoms with van der Waals surface area (Å²) in [5.41, 5.74) is 11.5. The van der Waals surface area contributed by atoms with Crippen LogP contribution in [0.15, 0.2) is 0 Å². The fourth-order valence-electron chi connectivity index (χ4n) is 1.62. The summed E-state index contributed by atoms with van der Waals surface area (Å²) in [6, 6.07) is 0.326. The van der Waals surface area contributed by atoms with Gasteiger partial charge in [-0.05, 0) is 25.3 Å². The predicted octanol–water partition coefficient (Wildman–Crippen LogP) is 1.88. The summed E-state index contributed by atoms with van der Waals surface area (Å²) in [4.78, 5) is 0. The van der Waals surface area contributed by atoms with Gasteiger partial charge in [-0.3, -0.25) is 0 Å². The van der Waals surface area contributed by atoms with E-state index in [0.717, 1.165) is 13.0 Å². The Morgan fingerprint density at radius 3 is 2.25 bits per heavy atom. The molecule has 0 aromatic heterocycles. The average molecular weight is 172 g/mol. The van der Waals surface area contributed by atoms with Crippen molar-refractivity contribution in [3.8, 4) is 0 Å². The van der Waals surface area contributed by atoms with E-state index in [1.807, 2.05) is 0 Å². The van der Waals surface area contributed by atoms with Gasteiger partial charge in [-0.25, -0.2) is 0 Å². The standard InChI is InChI=1S/C10H24N2/c1-3-5-6-9(4-2)10(12)7-8-11/h9-10H,3-8,11-12H2,1-2H3. The van der Waals surface area contributed by atoms with Crippen molar-refractivity contribution in [3.05, 3.63) is 0 Å². The maximum atomic E-state index is 6.00. The molecule has 4 N–H and O–H groups in total. The molecule has 0 amide bonds. The highest BCUT2D eigenvalue weighted by Crippen LogP contribution is 2.16. The van der Waals surface area contributed by atoms with Gasteiger partial charge in [0.25, 0.3) is 0 Å². The Morgan fingerprint density at radius 1 is 1.17 bits per heavy atom. The number of nitrogens with two attached hydrogens (primary N) is 2. The van der Waals surface area contributed by atoms with E-state index < -0.39 is 0 Å². The van der Waals surface area contributed by atoms with E-state index in [9.17, 15) is 0 Å². The molecule has 2 atom stereocenters. The van der Waals surface area contributed by atoms with Crippen LogP contribution in [0.1, 0.15) is 46.0 Å². The van der Waals surface area contributed by atoms with E-state index in [4.69, 9.17) is 11.5 Å². The van der Waals surface area contributed by atoms with Gasteiger partial charge in [0.15, 0.2) is 0 Å². The lowest BCUT2D eigenvalue weighted by Gasteiger charge is -2.21. The molecule has 0 aliphatic carbocycles. The summed E-state index contributed by atoms with van der Waals surface area (Å²) in [5.74, 6) is 0.688. The van der Waals surface area contributed by atoms with Gasteiger partial charge in [0, 0.05) is 6.04 Å². The Kier molecular flexibility index (Phi) is 7.51. The first-order valence-corrected chi connectivity index (χ1v) is 5.21. The lowest BCUT2D eigenvalue weighted by Crippen LogP contribution is -2.32. The summed E-state index contributed by atoms with van der Waals surface area (Å²) >= 11 is 0. The van der Waals surface area contributed by atoms with Crippen LogP contribution in [-0.4, -0.2) is 12.6 Å². The second-order valence-electron chi connectivity index (χ2n) is 3.55. The highest BCUT2D eigenvalue weighted by Gasteiger charge is 2.13. The zero-order valence-corrected chi connectivity index (χ0v) is 8.55. The van der Waals surface area contributed by atoms with Gasteiger partial charge in [-0.1, -0.05) is 33.1 Å². The Bertz CT molecular complexity index is 93.8. The van der Waals surface area contributed by atoms with Gasteiger partial charge in [-0.15, -0.1) is 0 Å². The molecule has 0 aromatic rings. The fraction of sp³-hybridized carbons (Fsp3) is 1.00. The molecule has 74 valence electrons. The Balaban J connectivity index is 3.62. The Labute approximate surface area is 76.7 Å². The summed E-state index contributed by atoms with van der Waals surface area (Å²) < 4.78 is 0. The largest absolute Gasteiger partial charge is 0.330 e. The fourth-order valence-corrected chi connectivity index (χ4v) is 1.62. The molecule has 0 fully saturated rings. The van der Waals surface area contributed by atoms with Crippen LogP contribution in [0.25, 0.3) is 0 Å². The molecule has 2 heteroatoms. The third-order valence-corrected chi connectivity index (χ3v) is 2.56. The summed E-state index contributed by atoms with van der Waals surface area (Å²) in [6.07, 6.45) is 6.01. The first kappa shape index (κ1) is 11.9. The van der Waals surface area contributed by atoms with Gasteiger partial charge < -0.3 is 11.5 Å². The topological polar surface area (TPSA) is 52.0 Å². The highest BCUT2D eigenvalue weighted by molar-refractivity contribution is 4.71. The minimum absolute atomic E-state index is 0.326. The van der Waals surface area contributed by atoms with Crippen LogP contribution in [0, 0.1) is 5.92 Å². The van der Waals surface area contributed by atoms with Crippen molar-refractivity contribution in [3.63, 3.8) is 0 Å². The van der Waals surface area contributed by atoms with E-state index in [-0.39, 0.29) is 0 Å². The summed E-state index contributed by atoms with van der Waals surface area (Å²) in [7, 11) is 0. The average Bonchev–Trinajstić information content (AvgIpc) is 2.06. The molecule has 0 radical (unpaired) electrons. The Morgan fingerprint density at radius 2 is 1.83 bits per heavy atom. The van der Waals surface area contributed by atoms with Gasteiger partial charge in [0.1, 0.15) is 0 Å². The molecule has 0 spiro atoms. The molecule has 0 rings (SSSR count). The second kappa shape index (κ2) is 7.56. The molecular formula is C10H24N2. The molecule has 2 unspecified atom stereocenters. The van der Waals surface area contributed by atoms with E-state index >= 15 is 0 Å². The van der Waals surface area contributed by atoms with Crippen molar-refractivity contribution in [1.29, 1.82) is 0 Å². The maximum absolute atomic E-state index is 6.00. The zero-order chi connectivity index (χ0) is 9.40. The molecule has 12 heavy (non-hydrogen) atoms. The van der Waals surface area contributed by atoms with Crippen LogP contribution >= 0.6 is 0 Å². The van der Waals surface area contributed by atoms with Gasteiger partial charge in [0.05, 0.1) is 0 Å². The normalized spacial score (nSPS) is 16.0. The van der Waals surface area contributed by atoms with Crippen molar-refractivity contribution in [2.24, 2.45) is 17.4 Å². The number of hydrogen-bond acceptors (Lipinski definition) is 2. The van der Waals surface area contributed by atoms with Crippen LogP contribution in [0.4, 0.5) is 0 Å². The number of rotatable bonds is 7. The highest BCUT2D eigenvalue weighted by atomic mass is 14.7. The van der Waals surface area contributed by atoms with Crippen LogP contribution in [-0.2, 0) is 0 Å². The summed E-state index contributed by atoms with van der Waals surface area (Å²) in [5, 5.41) is 0. The van der Waals surface area contributed by atoms with Crippen LogP contribution in [0.2, 0.25) is 0 Å². The molecule has 0 aliphatic heterocycles. The van der Waals surface area contributed by atoms with E-state index in [1.54, 1.807) is 0 Å². The van der Waals surface area contributed by atoms with Crippen LogP contribution in [0.3, 0.4) is 0 Å². The van der Waals surface area contributed by atoms with E-state index in [2.05, 4.69) is 13.8 Å². The lowest BCUT2D eigenvalue weighted by molar-refractivity contribution is 0.358. The molecule has 0 bridgehead atoms. The molecule has 0 saturated carbocycles. The monoisotopic (exact) mass is 172 g/mol. The van der Waals surface area contributed by atoms with E-state index in [0.29, 0.717) is 12.0 Å². The molecule has 2 nitrogen and oxygen atoms in total. The van der Waals surface area contributed by atoms with Crippen molar-refractivity contribution < 1.29 is 0 Å². The van der Waals surface area contributed by atoms with Crippen LogP contribution in [0.5, 0.6) is 0 Å². The minimum atomic E-state index is 0.326. The molecule has 0 saturated heterocycles. The van der Waals surface area contributed by atoms with Gasteiger partial charge in [0.2, 0.25) is 0 Å². The Hall–Kier alpha value is -0.0800. The van der Waals surface area contributed by atoms with Crippen LogP contribution < -0.4 is 11.5 Å². The molecular weight excluding hydrogens is 148 g/mol. The number of hydrogen-bond donors (Lipinski definition) is 2. The quantitative estimate of drug-likeness (QED) is 0.616. The molecule has 0 heterocycles. The van der Waals surface area contributed by atoms with Crippen molar-refractivity contribution in [2.75, 3.05) is 6.54 Å². The maximum Gasteiger partial charge on any atom is 0.00790 e. The first-order valence-electron chi connectivity index (χ1n) is 5.21. The third-order valence-electron chi connectivity index (χ3n) is 2.56. The minimum Gasteiger partial charge on any atom is -0.330 e. The van der Waals surface area contributed by atoms with Crippen molar-refractivity contribution in [2.45, 2.75) is 52.0 Å². The SMILES string of the molecule is CCCCC(CC)C(N)CCN. The first-order chi connectivity index (χ1) is 5.76. The third kappa shape index (κ3) is 4.73. The molecule has 0 aromatic carbocycles. The summed E-state index contributed by atoms with van der Waals surface area (Å²) in [6.45, 7) is 5.17. The van der Waals surface area contributed by atoms with E-state index in [1.165, 1.54) is 25.7 Å². The molecule has 0 aliphatic rings. The second-order valence-corrected chi connectivity index (χ2v) is 3.55. The smallest absolute Gasteiger partial charge is 0.00790 e. The zero-order valence-electron chi connectivity index (χ0n) is 8.55. The predicted molar refractivity (Wildman–Crippen MR) is 55.0 cm³/mol. The number of unbranched alkanes of at least 4 members (excludes halogenated alkanes) is 1. The van der Waals surface area contributed by atoms with Crippen molar-refractivity contribution in [1.82, 2.24) is 0 Å². The van der Waals surface area contributed by atoms with Gasteiger partial charge in [-0.2, -0.15) is 0 Å². The lowest BCUT2D eigenvalue weighted by atomic mass is 9.90.